The lowest BCUT2D eigenvalue weighted by Crippen LogP contribution is -2.38. The molecule has 0 spiro atoms. The molecule has 0 amide bonds. The van der Waals surface area contributed by atoms with E-state index in [9.17, 15) is 0 Å². The second kappa shape index (κ2) is 7.63. The maximum absolute atomic E-state index is 4.26. The van der Waals surface area contributed by atoms with E-state index in [4.69, 9.17) is 0 Å². The van der Waals surface area contributed by atoms with Crippen molar-refractivity contribution >= 4 is 16.9 Å². The largest absolute Gasteiger partial charge is 0.357 e. The predicted molar refractivity (Wildman–Crippen MR) is 95.9 cm³/mol. The van der Waals surface area contributed by atoms with Gasteiger partial charge in [0, 0.05) is 37.8 Å². The molecular weight excluding hydrogens is 302 g/mol. The molecule has 2 aromatic heterocycles. The van der Waals surface area contributed by atoms with Crippen LogP contribution in [0.1, 0.15) is 18.4 Å². The van der Waals surface area contributed by atoms with Gasteiger partial charge in [0.05, 0.1) is 6.54 Å². The Bertz CT molecular complexity index is 782. The van der Waals surface area contributed by atoms with E-state index in [1.807, 2.05) is 12.1 Å². The first-order valence-corrected chi connectivity index (χ1v) is 8.18. The van der Waals surface area contributed by atoms with Gasteiger partial charge in [-0.05, 0) is 17.5 Å². The van der Waals surface area contributed by atoms with E-state index >= 15 is 0 Å². The number of aromatic nitrogens is 4. The highest BCUT2D eigenvalue weighted by Crippen LogP contribution is 2.14. The molecule has 0 bridgehead atoms. The summed E-state index contributed by atoms with van der Waals surface area (Å²) in [6.07, 6.45) is 2.65. The van der Waals surface area contributed by atoms with E-state index in [1.165, 1.54) is 5.39 Å². The monoisotopic (exact) mass is 325 g/mol. The highest BCUT2D eigenvalue weighted by molar-refractivity contribution is 5.81. The molecule has 0 aliphatic rings. The van der Waals surface area contributed by atoms with Gasteiger partial charge in [-0.15, -0.1) is 10.2 Å². The Morgan fingerprint density at radius 1 is 1.29 bits per heavy atom. The third-order valence-electron chi connectivity index (χ3n) is 3.91. The van der Waals surface area contributed by atoms with Crippen LogP contribution in [0.15, 0.2) is 41.7 Å². The number of H-pyrrole nitrogens is 1. The quantitative estimate of drug-likeness (QED) is 0.476. The predicted octanol–water partition coefficient (Wildman–Crippen LogP) is 1.69. The Hall–Kier alpha value is -2.83. The van der Waals surface area contributed by atoms with Crippen LogP contribution in [0, 0.1) is 0 Å². The maximum Gasteiger partial charge on any atom is 0.191 e. The molecule has 2 heterocycles. The van der Waals surface area contributed by atoms with Gasteiger partial charge in [-0.1, -0.05) is 25.1 Å². The molecule has 1 aromatic carbocycles. The zero-order valence-corrected chi connectivity index (χ0v) is 14.1. The highest BCUT2D eigenvalue weighted by atomic mass is 15.3. The topological polar surface area (TPSA) is 82.9 Å². The summed E-state index contributed by atoms with van der Waals surface area (Å²) in [5.74, 6) is 1.78. The molecule has 3 rings (SSSR count). The first kappa shape index (κ1) is 16.0. The van der Waals surface area contributed by atoms with Crippen LogP contribution in [-0.2, 0) is 19.5 Å². The van der Waals surface area contributed by atoms with Crippen LogP contribution in [0.2, 0.25) is 0 Å². The lowest BCUT2D eigenvalue weighted by Gasteiger charge is -2.12. The zero-order chi connectivity index (χ0) is 16.8. The van der Waals surface area contributed by atoms with E-state index in [2.05, 4.69) is 60.5 Å². The summed E-state index contributed by atoms with van der Waals surface area (Å²) in [6.45, 7) is 4.34. The van der Waals surface area contributed by atoms with E-state index in [1.54, 1.807) is 13.4 Å². The summed E-state index contributed by atoms with van der Waals surface area (Å²) >= 11 is 0. The normalized spacial score (nSPS) is 11.8. The molecule has 24 heavy (non-hydrogen) atoms. The number of hydrogen-bond acceptors (Lipinski definition) is 3. The van der Waals surface area contributed by atoms with Crippen LogP contribution < -0.4 is 10.6 Å². The van der Waals surface area contributed by atoms with Crippen LogP contribution in [0.5, 0.6) is 0 Å². The fourth-order valence-corrected chi connectivity index (χ4v) is 2.66. The fourth-order valence-electron chi connectivity index (χ4n) is 2.66. The number of fused-ring (bicyclic) bond motifs is 1. The molecule has 7 heteroatoms. The average Bonchev–Trinajstić information content (AvgIpc) is 3.23. The number of hydrogen-bond donors (Lipinski definition) is 3. The van der Waals surface area contributed by atoms with Crippen molar-refractivity contribution in [3.63, 3.8) is 0 Å². The summed E-state index contributed by atoms with van der Waals surface area (Å²) < 4.78 is 2.05. The standard InChI is InChI=1S/C17H23N7/c1-3-16-23-21-12-24(16)9-8-19-17(18-2)20-11-14-10-13-6-4-5-7-15(13)22-14/h4-7,10,12,22H,3,8-9,11H2,1-2H3,(H2,18,19,20). The van der Waals surface area contributed by atoms with Crippen LogP contribution in [0.4, 0.5) is 0 Å². The minimum Gasteiger partial charge on any atom is -0.357 e. The smallest absolute Gasteiger partial charge is 0.191 e. The van der Waals surface area contributed by atoms with E-state index in [0.717, 1.165) is 42.5 Å². The third-order valence-corrected chi connectivity index (χ3v) is 3.91. The lowest BCUT2D eigenvalue weighted by atomic mass is 10.2. The van der Waals surface area contributed by atoms with Crippen LogP contribution >= 0.6 is 0 Å². The second-order valence-electron chi connectivity index (χ2n) is 5.53. The number of guanidine groups is 1. The maximum atomic E-state index is 4.26. The molecule has 0 atom stereocenters. The van der Waals surface area contributed by atoms with Crippen LogP contribution in [-0.4, -0.2) is 39.3 Å². The van der Waals surface area contributed by atoms with Gasteiger partial charge in [-0.2, -0.15) is 0 Å². The summed E-state index contributed by atoms with van der Waals surface area (Å²) in [5, 5.41) is 15.9. The van der Waals surface area contributed by atoms with Gasteiger partial charge in [0.15, 0.2) is 5.96 Å². The number of aromatic amines is 1. The van der Waals surface area contributed by atoms with Gasteiger partial charge in [0.2, 0.25) is 0 Å². The van der Waals surface area contributed by atoms with E-state index < -0.39 is 0 Å². The van der Waals surface area contributed by atoms with E-state index in [0.29, 0.717) is 6.54 Å². The Balaban J connectivity index is 1.50. The summed E-state index contributed by atoms with van der Waals surface area (Å²) in [7, 11) is 1.77. The molecule has 0 radical (unpaired) electrons. The van der Waals surface area contributed by atoms with Gasteiger partial charge >= 0.3 is 0 Å². The Morgan fingerprint density at radius 2 is 2.17 bits per heavy atom. The number of nitrogens with one attached hydrogen (secondary N) is 3. The van der Waals surface area contributed by atoms with Crippen molar-refractivity contribution in [3.8, 4) is 0 Å². The molecule has 0 saturated carbocycles. The molecule has 126 valence electrons. The van der Waals surface area contributed by atoms with Crippen molar-refractivity contribution in [2.75, 3.05) is 13.6 Å². The van der Waals surface area contributed by atoms with Crippen molar-refractivity contribution in [2.24, 2.45) is 4.99 Å². The van der Waals surface area contributed by atoms with Crippen molar-refractivity contribution in [1.82, 2.24) is 30.4 Å². The van der Waals surface area contributed by atoms with Gasteiger partial charge in [0.1, 0.15) is 12.2 Å². The molecule has 0 unspecified atom stereocenters. The van der Waals surface area contributed by atoms with Crippen molar-refractivity contribution in [3.05, 3.63) is 48.2 Å². The average molecular weight is 325 g/mol. The lowest BCUT2D eigenvalue weighted by molar-refractivity contribution is 0.632. The number of para-hydroxylation sites is 1. The minimum atomic E-state index is 0.696. The summed E-state index contributed by atoms with van der Waals surface area (Å²) in [6, 6.07) is 10.4. The molecular formula is C17H23N7. The first-order valence-electron chi connectivity index (χ1n) is 8.18. The minimum absolute atomic E-state index is 0.696. The molecule has 0 aliphatic carbocycles. The Morgan fingerprint density at radius 3 is 2.96 bits per heavy atom. The number of aliphatic imine (C=N–C) groups is 1. The second-order valence-corrected chi connectivity index (χ2v) is 5.53. The molecule has 3 N–H and O–H groups in total. The summed E-state index contributed by atoms with van der Waals surface area (Å²) in [5.41, 5.74) is 2.28. The van der Waals surface area contributed by atoms with Crippen molar-refractivity contribution in [1.29, 1.82) is 0 Å². The first-order chi connectivity index (χ1) is 11.8. The molecule has 7 nitrogen and oxygen atoms in total. The van der Waals surface area contributed by atoms with Gasteiger partial charge in [0.25, 0.3) is 0 Å². The van der Waals surface area contributed by atoms with Gasteiger partial charge in [-0.3, -0.25) is 4.99 Å². The Kier molecular flexibility index (Phi) is 5.10. The number of aryl methyl sites for hydroxylation is 1. The zero-order valence-electron chi connectivity index (χ0n) is 14.1. The number of rotatable bonds is 6. The fraction of sp³-hybridized carbons (Fsp3) is 0.353. The molecule has 3 aromatic rings. The number of nitrogens with zero attached hydrogens (tertiary/aromatic N) is 4. The summed E-state index contributed by atoms with van der Waals surface area (Å²) in [4.78, 5) is 7.66. The van der Waals surface area contributed by atoms with E-state index in [-0.39, 0.29) is 0 Å². The molecule has 0 saturated heterocycles. The molecule has 0 fully saturated rings. The SMILES string of the molecule is CCc1nncn1CCNC(=NC)NCc1cc2ccccc2[nH]1. The highest BCUT2D eigenvalue weighted by Gasteiger charge is 2.04. The van der Waals surface area contributed by atoms with Crippen LogP contribution in [0.25, 0.3) is 10.9 Å². The third kappa shape index (κ3) is 3.73. The Labute approximate surface area is 141 Å². The van der Waals surface area contributed by atoms with Gasteiger partial charge in [-0.25, -0.2) is 0 Å². The van der Waals surface area contributed by atoms with Crippen LogP contribution in [0.3, 0.4) is 0 Å². The van der Waals surface area contributed by atoms with Crippen molar-refractivity contribution < 1.29 is 0 Å². The number of benzene rings is 1. The molecule has 0 aliphatic heterocycles. The van der Waals surface area contributed by atoms with Crippen molar-refractivity contribution in [2.45, 2.75) is 26.4 Å². The van der Waals surface area contributed by atoms with Gasteiger partial charge < -0.3 is 20.2 Å².